The molecule has 1 aliphatic rings. The SMILES string of the molecule is CC1C[N+]1(N)N. The third kappa shape index (κ3) is 0.408. The molecule has 1 atom stereocenters. The lowest BCUT2D eigenvalue weighted by molar-refractivity contribution is -0.837. The maximum Gasteiger partial charge on any atom is 0.174 e. The molecular weight excluding hydrogens is 78.1 g/mol. The minimum Gasteiger partial charge on any atom is -0.163 e. The zero-order valence-corrected chi connectivity index (χ0v) is 3.89. The molecule has 1 saturated heterocycles. The van der Waals surface area contributed by atoms with E-state index in [2.05, 4.69) is 0 Å². The van der Waals surface area contributed by atoms with Gasteiger partial charge in [0.1, 0.15) is 0 Å². The highest BCUT2D eigenvalue weighted by Crippen LogP contribution is 2.15. The molecule has 1 fully saturated rings. The Morgan fingerprint density at radius 3 is 1.83 bits per heavy atom. The van der Waals surface area contributed by atoms with Gasteiger partial charge in [-0.3, -0.25) is 0 Å². The van der Waals surface area contributed by atoms with Crippen molar-refractivity contribution in [1.82, 2.24) is 0 Å². The van der Waals surface area contributed by atoms with Gasteiger partial charge in [-0.1, -0.05) is 0 Å². The molecule has 6 heavy (non-hydrogen) atoms. The van der Waals surface area contributed by atoms with E-state index < -0.39 is 0 Å². The fourth-order valence-electron chi connectivity index (χ4n) is 0.411. The van der Waals surface area contributed by atoms with Gasteiger partial charge < -0.3 is 0 Å². The zero-order valence-electron chi connectivity index (χ0n) is 3.89. The molecule has 4 N–H and O–H groups in total. The van der Waals surface area contributed by atoms with Crippen LogP contribution in [0.1, 0.15) is 6.92 Å². The van der Waals surface area contributed by atoms with Gasteiger partial charge in [-0.25, -0.2) is 0 Å². The van der Waals surface area contributed by atoms with Crippen LogP contribution in [0.2, 0.25) is 0 Å². The monoisotopic (exact) mass is 88.1 g/mol. The molecular formula is C3H10N3+. The summed E-state index contributed by atoms with van der Waals surface area (Å²) in [6.07, 6.45) is 0. The van der Waals surface area contributed by atoms with Gasteiger partial charge in [0, 0.05) is 0 Å². The van der Waals surface area contributed by atoms with Gasteiger partial charge in [0.05, 0.1) is 0 Å². The second kappa shape index (κ2) is 0.753. The van der Waals surface area contributed by atoms with Crippen molar-refractivity contribution in [3.63, 3.8) is 0 Å². The zero-order chi connectivity index (χ0) is 4.78. The largest absolute Gasteiger partial charge is 0.174 e. The number of hydrogen-bond acceptors (Lipinski definition) is 2. The van der Waals surface area contributed by atoms with Gasteiger partial charge in [-0.2, -0.15) is 16.4 Å². The molecule has 1 heterocycles. The lowest BCUT2D eigenvalue weighted by atomic mass is 10.6. The van der Waals surface area contributed by atoms with Crippen molar-refractivity contribution >= 4 is 0 Å². The van der Waals surface area contributed by atoms with E-state index in [1.165, 1.54) is 0 Å². The summed E-state index contributed by atoms with van der Waals surface area (Å²) in [6.45, 7) is 2.96. The smallest absolute Gasteiger partial charge is 0.163 e. The molecule has 0 aromatic carbocycles. The van der Waals surface area contributed by atoms with E-state index in [1.54, 1.807) is 0 Å². The summed E-state index contributed by atoms with van der Waals surface area (Å²) in [4.78, 5) is 0. The van der Waals surface area contributed by atoms with Gasteiger partial charge in [-0.05, 0) is 6.92 Å². The summed E-state index contributed by atoms with van der Waals surface area (Å²) in [6, 6.07) is 0.491. The first-order valence-electron chi connectivity index (χ1n) is 2.08. The van der Waals surface area contributed by atoms with E-state index in [4.69, 9.17) is 11.7 Å². The van der Waals surface area contributed by atoms with Crippen LogP contribution in [-0.2, 0) is 0 Å². The van der Waals surface area contributed by atoms with Crippen molar-refractivity contribution in [3.8, 4) is 0 Å². The average Bonchev–Trinajstić information content (AvgIpc) is 1.73. The van der Waals surface area contributed by atoms with Crippen molar-refractivity contribution in [2.75, 3.05) is 6.54 Å². The van der Waals surface area contributed by atoms with Crippen molar-refractivity contribution < 1.29 is 4.70 Å². The summed E-state index contributed by atoms with van der Waals surface area (Å²) in [5, 5.41) is 0. The molecule has 1 aliphatic heterocycles. The Labute approximate surface area is 37.1 Å². The number of nitrogens with two attached hydrogens (primary N) is 2. The molecule has 0 aromatic heterocycles. The number of rotatable bonds is 0. The highest BCUT2D eigenvalue weighted by atomic mass is 15.8. The van der Waals surface area contributed by atoms with Crippen molar-refractivity contribution in [2.24, 2.45) is 11.7 Å². The highest BCUT2D eigenvalue weighted by molar-refractivity contribution is 4.58. The Morgan fingerprint density at radius 1 is 1.67 bits per heavy atom. The molecule has 0 aromatic rings. The van der Waals surface area contributed by atoms with Crippen LogP contribution < -0.4 is 11.7 Å². The fraction of sp³-hybridized carbons (Fsp3) is 1.00. The van der Waals surface area contributed by atoms with Gasteiger partial charge in [0.2, 0.25) is 0 Å². The predicted molar refractivity (Wildman–Crippen MR) is 23.0 cm³/mol. The Bertz CT molecular complexity index is 68.4. The van der Waals surface area contributed by atoms with Crippen LogP contribution >= 0.6 is 0 Å². The van der Waals surface area contributed by atoms with Crippen LogP contribution in [0, 0.1) is 0 Å². The molecule has 3 heteroatoms. The summed E-state index contributed by atoms with van der Waals surface area (Å²) in [5.41, 5.74) is 0. The maximum absolute atomic E-state index is 5.32. The normalized spacial score (nSPS) is 39.5. The predicted octanol–water partition coefficient (Wildman–Crippen LogP) is -1.05. The van der Waals surface area contributed by atoms with Crippen LogP contribution in [0.3, 0.4) is 0 Å². The second-order valence-electron chi connectivity index (χ2n) is 2.03. The summed E-state index contributed by atoms with van der Waals surface area (Å²) >= 11 is 0. The van der Waals surface area contributed by atoms with Crippen LogP contribution in [0.25, 0.3) is 0 Å². The Morgan fingerprint density at radius 2 is 1.83 bits per heavy atom. The van der Waals surface area contributed by atoms with Crippen molar-refractivity contribution in [1.29, 1.82) is 0 Å². The van der Waals surface area contributed by atoms with E-state index >= 15 is 0 Å². The van der Waals surface area contributed by atoms with Crippen LogP contribution in [0.5, 0.6) is 0 Å². The quantitative estimate of drug-likeness (QED) is 0.225. The van der Waals surface area contributed by atoms with Crippen LogP contribution in [0.15, 0.2) is 0 Å². The van der Waals surface area contributed by atoms with E-state index in [-0.39, 0.29) is 4.70 Å². The van der Waals surface area contributed by atoms with Crippen molar-refractivity contribution in [3.05, 3.63) is 0 Å². The molecule has 0 saturated carbocycles. The molecule has 36 valence electrons. The Balaban J connectivity index is 2.41. The number of quaternary nitrogens is 1. The lowest BCUT2D eigenvalue weighted by Gasteiger charge is -1.97. The molecule has 3 nitrogen and oxygen atoms in total. The first kappa shape index (κ1) is 4.05. The standard InChI is InChI=1S/C3H10N3/c1-3-2-6(3,4)5/h3H,2,4-5H2,1H3/q+1. The highest BCUT2D eigenvalue weighted by Gasteiger charge is 2.46. The minimum atomic E-state index is 0.236. The third-order valence-corrected chi connectivity index (χ3v) is 1.27. The molecule has 0 radical (unpaired) electrons. The van der Waals surface area contributed by atoms with E-state index in [0.717, 1.165) is 6.54 Å². The van der Waals surface area contributed by atoms with E-state index in [0.29, 0.717) is 6.04 Å². The Kier molecular flexibility index (Phi) is 0.508. The fourth-order valence-corrected chi connectivity index (χ4v) is 0.411. The van der Waals surface area contributed by atoms with E-state index in [1.807, 2.05) is 6.92 Å². The average molecular weight is 88.1 g/mol. The summed E-state index contributed by atoms with van der Waals surface area (Å²) in [7, 11) is 0. The molecule has 1 unspecified atom stereocenters. The van der Waals surface area contributed by atoms with Gasteiger partial charge >= 0.3 is 0 Å². The summed E-state index contributed by atoms with van der Waals surface area (Å²) in [5.74, 6) is 10.6. The van der Waals surface area contributed by atoms with Crippen LogP contribution in [-0.4, -0.2) is 17.3 Å². The second-order valence-corrected chi connectivity index (χ2v) is 2.03. The van der Waals surface area contributed by atoms with Crippen LogP contribution in [0.4, 0.5) is 0 Å². The first-order chi connectivity index (χ1) is 2.63. The summed E-state index contributed by atoms with van der Waals surface area (Å²) < 4.78 is 0.236. The molecule has 0 bridgehead atoms. The van der Waals surface area contributed by atoms with Gasteiger partial charge in [0.25, 0.3) is 0 Å². The Hall–Kier alpha value is -0.120. The molecule has 0 spiro atoms. The third-order valence-electron chi connectivity index (χ3n) is 1.27. The number of hydrogen-bond donors (Lipinski definition) is 2. The topological polar surface area (TPSA) is 52.0 Å². The van der Waals surface area contributed by atoms with E-state index in [9.17, 15) is 0 Å². The molecule has 0 amide bonds. The molecule has 1 rings (SSSR count). The van der Waals surface area contributed by atoms with Gasteiger partial charge in [-0.15, -0.1) is 0 Å². The first-order valence-corrected chi connectivity index (χ1v) is 2.08. The van der Waals surface area contributed by atoms with Crippen molar-refractivity contribution in [2.45, 2.75) is 13.0 Å². The minimum absolute atomic E-state index is 0.236. The maximum atomic E-state index is 5.32. The molecule has 0 aliphatic carbocycles. The lowest BCUT2D eigenvalue weighted by Crippen LogP contribution is -2.43. The van der Waals surface area contributed by atoms with Gasteiger partial charge in [0.15, 0.2) is 12.6 Å². The number of nitrogens with zero attached hydrogens (tertiary/aromatic N) is 1.